The van der Waals surface area contributed by atoms with Crippen LogP contribution in [0.3, 0.4) is 0 Å². The van der Waals surface area contributed by atoms with Gasteiger partial charge in [-0.1, -0.05) is 44.2 Å². The predicted octanol–water partition coefficient (Wildman–Crippen LogP) is 4.15. The van der Waals surface area contributed by atoms with Crippen molar-refractivity contribution < 1.29 is 18.4 Å². The number of benzene rings is 2. The second-order valence-electron chi connectivity index (χ2n) is 7.87. The second-order valence-corrected chi connectivity index (χ2v) is 7.87. The number of halogens is 2. The largest absolute Gasteiger partial charge is 0.340 e. The van der Waals surface area contributed by atoms with Crippen molar-refractivity contribution in [1.82, 2.24) is 19.8 Å². The minimum Gasteiger partial charge on any atom is -0.340 e. The second kappa shape index (κ2) is 9.24. The van der Waals surface area contributed by atoms with Crippen LogP contribution in [-0.4, -0.2) is 39.4 Å². The normalized spacial score (nSPS) is 12.4. The van der Waals surface area contributed by atoms with Crippen LogP contribution in [0.5, 0.6) is 0 Å². The van der Waals surface area contributed by atoms with Gasteiger partial charge < -0.3 is 10.2 Å². The summed E-state index contributed by atoms with van der Waals surface area (Å²) in [5.74, 6) is -0.834. The lowest BCUT2D eigenvalue weighted by molar-refractivity contribution is -0.133. The van der Waals surface area contributed by atoms with Gasteiger partial charge in [-0.2, -0.15) is 8.78 Å². The fourth-order valence-electron chi connectivity index (χ4n) is 3.51. The molecule has 1 N–H and O–H groups in total. The first-order valence-electron chi connectivity index (χ1n) is 10.1. The Morgan fingerprint density at radius 3 is 2.39 bits per heavy atom. The highest BCUT2D eigenvalue weighted by atomic mass is 19.3. The average Bonchev–Trinajstić information content (AvgIpc) is 3.09. The highest BCUT2D eigenvalue weighted by Gasteiger charge is 2.29. The number of carbonyl (C=O) groups excluding carboxylic acids is 2. The first-order valence-corrected chi connectivity index (χ1v) is 10.1. The lowest BCUT2D eigenvalue weighted by Crippen LogP contribution is -2.50. The number of rotatable bonds is 7. The van der Waals surface area contributed by atoms with Crippen molar-refractivity contribution in [2.75, 3.05) is 7.05 Å². The van der Waals surface area contributed by atoms with Gasteiger partial charge in [0.05, 0.1) is 17.6 Å². The van der Waals surface area contributed by atoms with Crippen LogP contribution in [0.25, 0.3) is 11.0 Å². The third-order valence-electron chi connectivity index (χ3n) is 5.23. The molecule has 0 aliphatic heterocycles. The summed E-state index contributed by atoms with van der Waals surface area (Å²) in [5, 5.41) is 2.80. The maximum atomic E-state index is 13.7. The van der Waals surface area contributed by atoms with Crippen LogP contribution < -0.4 is 5.32 Å². The zero-order valence-corrected chi connectivity index (χ0v) is 18.0. The van der Waals surface area contributed by atoms with Gasteiger partial charge in [0.1, 0.15) is 11.9 Å². The number of aromatic nitrogens is 2. The third kappa shape index (κ3) is 4.73. The molecular formula is C23H26F2N4O2. The Balaban J connectivity index is 1.82. The Hall–Kier alpha value is -3.29. The molecule has 3 aromatic rings. The van der Waals surface area contributed by atoms with Crippen molar-refractivity contribution >= 4 is 22.8 Å². The van der Waals surface area contributed by atoms with E-state index < -0.39 is 12.6 Å². The monoisotopic (exact) mass is 428 g/mol. The van der Waals surface area contributed by atoms with Crippen molar-refractivity contribution in [1.29, 1.82) is 0 Å². The van der Waals surface area contributed by atoms with Crippen molar-refractivity contribution in [2.24, 2.45) is 5.92 Å². The van der Waals surface area contributed by atoms with Gasteiger partial charge in [0.25, 0.3) is 5.91 Å². The van der Waals surface area contributed by atoms with Crippen LogP contribution in [0.1, 0.15) is 42.1 Å². The Labute approximate surface area is 179 Å². The van der Waals surface area contributed by atoms with Gasteiger partial charge in [0.2, 0.25) is 5.91 Å². The molecule has 2 aromatic carbocycles. The smallest absolute Gasteiger partial charge is 0.320 e. The van der Waals surface area contributed by atoms with E-state index in [-0.39, 0.29) is 30.1 Å². The lowest BCUT2D eigenvalue weighted by atomic mass is 10.0. The van der Waals surface area contributed by atoms with E-state index in [1.807, 2.05) is 32.9 Å². The van der Waals surface area contributed by atoms with E-state index in [1.165, 1.54) is 11.9 Å². The molecule has 1 aromatic heterocycles. The van der Waals surface area contributed by atoms with Gasteiger partial charge in [0.15, 0.2) is 0 Å². The maximum absolute atomic E-state index is 13.7. The molecule has 3 rings (SSSR count). The predicted molar refractivity (Wildman–Crippen MR) is 115 cm³/mol. The number of carbonyl (C=O) groups is 2. The quantitative estimate of drug-likeness (QED) is 0.615. The van der Waals surface area contributed by atoms with Gasteiger partial charge in [-0.3, -0.25) is 14.2 Å². The molecule has 0 saturated carbocycles. The summed E-state index contributed by atoms with van der Waals surface area (Å²) < 4.78 is 28.2. The van der Waals surface area contributed by atoms with Crippen LogP contribution in [-0.2, 0) is 11.3 Å². The van der Waals surface area contributed by atoms with Crippen LogP contribution in [0.15, 0.2) is 48.5 Å². The number of nitrogens with zero attached hydrogens (tertiary/aromatic N) is 3. The summed E-state index contributed by atoms with van der Waals surface area (Å²) >= 11 is 0. The molecule has 8 heteroatoms. The molecule has 1 heterocycles. The van der Waals surface area contributed by atoms with Crippen LogP contribution in [0.4, 0.5) is 8.78 Å². The van der Waals surface area contributed by atoms with Crippen LogP contribution >= 0.6 is 0 Å². The standard InChI is InChI=1S/C23H26F2N4O2/c1-14(2)20(27-21(30)16-10-6-5-9-15(16)3)22(31)28(4)13-19-26-17-11-7-8-12-18(17)29(19)23(24)25/h5-12,14,20,23H,13H2,1-4H3,(H,27,30). The number of imidazole rings is 1. The Bertz CT molecular complexity index is 1090. The number of nitrogens with one attached hydrogen (secondary N) is 1. The lowest BCUT2D eigenvalue weighted by Gasteiger charge is -2.27. The fraction of sp³-hybridized carbons (Fsp3) is 0.348. The molecule has 0 aliphatic carbocycles. The molecule has 0 radical (unpaired) electrons. The SMILES string of the molecule is Cc1ccccc1C(=O)NC(C(=O)N(C)Cc1nc2ccccc2n1C(F)F)C(C)C. The van der Waals surface area contributed by atoms with Crippen molar-refractivity contribution in [3.63, 3.8) is 0 Å². The highest BCUT2D eigenvalue weighted by molar-refractivity contribution is 5.98. The molecular weight excluding hydrogens is 402 g/mol. The van der Waals surface area contributed by atoms with E-state index in [2.05, 4.69) is 10.3 Å². The van der Waals surface area contributed by atoms with E-state index in [0.717, 1.165) is 10.1 Å². The molecule has 0 saturated heterocycles. The first-order chi connectivity index (χ1) is 14.7. The molecule has 6 nitrogen and oxygen atoms in total. The number of likely N-dealkylation sites (N-methyl/N-ethyl adjacent to an activating group) is 1. The minimum absolute atomic E-state index is 0.0831. The molecule has 2 amide bonds. The van der Waals surface area contributed by atoms with E-state index in [1.54, 1.807) is 36.4 Å². The van der Waals surface area contributed by atoms with Crippen molar-refractivity contribution in [2.45, 2.75) is 39.9 Å². The van der Waals surface area contributed by atoms with Crippen LogP contribution in [0, 0.1) is 12.8 Å². The number of aryl methyl sites for hydroxylation is 1. The molecule has 0 bridgehead atoms. The van der Waals surface area contributed by atoms with Gasteiger partial charge in [-0.15, -0.1) is 0 Å². The fourth-order valence-corrected chi connectivity index (χ4v) is 3.51. The molecule has 1 unspecified atom stereocenters. The number of hydrogen-bond acceptors (Lipinski definition) is 3. The van der Waals surface area contributed by atoms with Crippen molar-refractivity contribution in [3.05, 3.63) is 65.5 Å². The molecule has 1 atom stereocenters. The third-order valence-corrected chi connectivity index (χ3v) is 5.23. The Morgan fingerprint density at radius 1 is 1.10 bits per heavy atom. The molecule has 0 fully saturated rings. The zero-order chi connectivity index (χ0) is 22.7. The number of fused-ring (bicyclic) bond motifs is 1. The van der Waals surface area contributed by atoms with Gasteiger partial charge >= 0.3 is 6.55 Å². The first kappa shape index (κ1) is 22.4. The summed E-state index contributed by atoms with van der Waals surface area (Å²) in [4.78, 5) is 31.5. The summed E-state index contributed by atoms with van der Waals surface area (Å²) in [6, 6.07) is 12.9. The van der Waals surface area contributed by atoms with Crippen LogP contribution in [0.2, 0.25) is 0 Å². The molecule has 164 valence electrons. The summed E-state index contributed by atoms with van der Waals surface area (Å²) in [6.45, 7) is 2.57. The molecule has 0 aliphatic rings. The van der Waals surface area contributed by atoms with Crippen molar-refractivity contribution in [3.8, 4) is 0 Å². The molecule has 0 spiro atoms. The Kier molecular flexibility index (Phi) is 6.68. The van der Waals surface area contributed by atoms with Gasteiger partial charge in [-0.25, -0.2) is 4.98 Å². The number of hydrogen-bond donors (Lipinski definition) is 1. The van der Waals surface area contributed by atoms with E-state index in [4.69, 9.17) is 0 Å². The van der Waals surface area contributed by atoms with Gasteiger partial charge in [0, 0.05) is 12.6 Å². The zero-order valence-electron chi connectivity index (χ0n) is 18.0. The maximum Gasteiger partial charge on any atom is 0.320 e. The summed E-state index contributed by atoms with van der Waals surface area (Å²) in [7, 11) is 1.52. The van der Waals surface area contributed by atoms with E-state index in [9.17, 15) is 18.4 Å². The number of para-hydroxylation sites is 2. The average molecular weight is 428 g/mol. The number of amides is 2. The highest BCUT2D eigenvalue weighted by Crippen LogP contribution is 2.24. The topological polar surface area (TPSA) is 67.2 Å². The summed E-state index contributed by atoms with van der Waals surface area (Å²) in [5.41, 5.74) is 2.03. The number of alkyl halides is 2. The van der Waals surface area contributed by atoms with Gasteiger partial charge in [-0.05, 0) is 36.6 Å². The summed E-state index contributed by atoms with van der Waals surface area (Å²) in [6.07, 6.45) is 0. The molecule has 31 heavy (non-hydrogen) atoms. The Morgan fingerprint density at radius 2 is 1.74 bits per heavy atom. The minimum atomic E-state index is -2.78. The van der Waals surface area contributed by atoms with E-state index >= 15 is 0 Å². The van der Waals surface area contributed by atoms with E-state index in [0.29, 0.717) is 16.6 Å².